The molecule has 0 radical (unpaired) electrons. The predicted molar refractivity (Wildman–Crippen MR) is 77.7 cm³/mol. The lowest BCUT2D eigenvalue weighted by Gasteiger charge is -2.26. The minimum atomic E-state index is -0.528. The number of nitrogens with one attached hydrogen (secondary N) is 1. The summed E-state index contributed by atoms with van der Waals surface area (Å²) in [5.74, 6) is 1.06. The highest BCUT2D eigenvalue weighted by Crippen LogP contribution is 2.26. The molecule has 18 heavy (non-hydrogen) atoms. The smallest absolute Gasteiger partial charge is 0.244 e. The van der Waals surface area contributed by atoms with Gasteiger partial charge >= 0.3 is 0 Å². The molecule has 0 spiro atoms. The summed E-state index contributed by atoms with van der Waals surface area (Å²) in [7, 11) is 3.63. The van der Waals surface area contributed by atoms with Gasteiger partial charge in [0.25, 0.3) is 0 Å². The second kappa shape index (κ2) is 6.25. The molecule has 0 aliphatic rings. The molecule has 1 rings (SSSR count). The van der Waals surface area contributed by atoms with Gasteiger partial charge in [-0.15, -0.1) is 11.8 Å². The van der Waals surface area contributed by atoms with Crippen molar-refractivity contribution in [1.29, 1.82) is 0 Å². The van der Waals surface area contributed by atoms with E-state index >= 15 is 0 Å². The molecule has 0 saturated heterocycles. The Balaban J connectivity index is 2.87. The fraction of sp³-hybridized carbons (Fsp3) is 0.500. The number of hydrogen-bond donors (Lipinski definition) is 1. The summed E-state index contributed by atoms with van der Waals surface area (Å²) in [4.78, 5) is 13.4. The van der Waals surface area contributed by atoms with Crippen molar-refractivity contribution in [3.05, 3.63) is 29.8 Å². The first-order chi connectivity index (χ1) is 8.37. The van der Waals surface area contributed by atoms with Crippen molar-refractivity contribution in [3.63, 3.8) is 0 Å². The van der Waals surface area contributed by atoms with Gasteiger partial charge in [0.15, 0.2) is 0 Å². The molecule has 1 N–H and O–H groups in total. The first kappa shape index (κ1) is 15.1. The third-order valence-corrected chi connectivity index (χ3v) is 3.67. The quantitative estimate of drug-likeness (QED) is 0.657. The Morgan fingerprint density at radius 3 is 2.28 bits per heavy atom. The van der Waals surface area contributed by atoms with E-state index in [1.54, 1.807) is 16.8 Å². The van der Waals surface area contributed by atoms with E-state index in [0.717, 1.165) is 11.3 Å². The van der Waals surface area contributed by atoms with Crippen molar-refractivity contribution < 1.29 is 4.79 Å². The highest BCUT2D eigenvalue weighted by molar-refractivity contribution is 7.99. The van der Waals surface area contributed by atoms with E-state index in [9.17, 15) is 4.79 Å². The third kappa shape index (κ3) is 3.75. The van der Waals surface area contributed by atoms with Crippen LogP contribution in [0.3, 0.4) is 0 Å². The molecule has 1 aromatic rings. The summed E-state index contributed by atoms with van der Waals surface area (Å²) in [6.45, 7) is 6.01. The second-order valence-corrected chi connectivity index (χ2v) is 6.26. The Kier molecular flexibility index (Phi) is 5.23. The molecule has 1 amide bonds. The molecule has 0 aromatic heterocycles. The van der Waals surface area contributed by atoms with Gasteiger partial charge in [-0.3, -0.25) is 10.2 Å². The summed E-state index contributed by atoms with van der Waals surface area (Å²) in [6.07, 6.45) is 0. The topological polar surface area (TPSA) is 32.3 Å². The van der Waals surface area contributed by atoms with E-state index in [4.69, 9.17) is 0 Å². The monoisotopic (exact) mass is 266 g/mol. The lowest BCUT2D eigenvalue weighted by atomic mass is 9.84. The molecule has 1 aromatic carbocycles. The van der Waals surface area contributed by atoms with Crippen LogP contribution in [0, 0.1) is 0 Å². The van der Waals surface area contributed by atoms with Gasteiger partial charge in [0.1, 0.15) is 0 Å². The first-order valence-corrected chi connectivity index (χ1v) is 7.08. The molecule has 100 valence electrons. The zero-order chi connectivity index (χ0) is 13.8. The van der Waals surface area contributed by atoms with Crippen LogP contribution in [0.5, 0.6) is 0 Å². The molecule has 0 unspecified atom stereocenters. The molecule has 0 saturated carbocycles. The number of hydrogen-bond acceptors (Lipinski definition) is 3. The van der Waals surface area contributed by atoms with Gasteiger partial charge in [0.05, 0.1) is 5.41 Å². The van der Waals surface area contributed by atoms with Gasteiger partial charge < -0.3 is 0 Å². The summed E-state index contributed by atoms with van der Waals surface area (Å²) in [5, 5.41) is 1.67. The minimum Gasteiger partial charge on any atom is -0.289 e. The van der Waals surface area contributed by atoms with Crippen LogP contribution in [0.1, 0.15) is 26.3 Å². The average Bonchev–Trinajstić information content (AvgIpc) is 2.29. The Morgan fingerprint density at radius 1 is 1.28 bits per heavy atom. The lowest BCUT2D eigenvalue weighted by molar-refractivity contribution is -0.129. The van der Waals surface area contributed by atoms with Crippen molar-refractivity contribution in [2.24, 2.45) is 0 Å². The lowest BCUT2D eigenvalue weighted by Crippen LogP contribution is -2.46. The number of benzene rings is 1. The van der Waals surface area contributed by atoms with Crippen molar-refractivity contribution in [1.82, 2.24) is 10.4 Å². The highest BCUT2D eigenvalue weighted by atomic mass is 32.2. The number of hydrazine groups is 1. The molecule has 0 aliphatic heterocycles. The SMILES string of the molecule is CCSc1ccc(C(C)(C)C(=O)NN(C)C)cc1. The maximum Gasteiger partial charge on any atom is 0.244 e. The summed E-state index contributed by atoms with van der Waals surface area (Å²) in [6, 6.07) is 8.23. The first-order valence-electron chi connectivity index (χ1n) is 6.09. The molecule has 0 fully saturated rings. The zero-order valence-electron chi connectivity index (χ0n) is 11.8. The van der Waals surface area contributed by atoms with Gasteiger partial charge in [-0.05, 0) is 37.3 Å². The normalized spacial score (nSPS) is 11.7. The molecule has 4 heteroatoms. The number of rotatable bonds is 5. The predicted octanol–water partition coefficient (Wildman–Crippen LogP) is 2.67. The fourth-order valence-corrected chi connectivity index (χ4v) is 2.27. The minimum absolute atomic E-state index is 0.00314. The highest BCUT2D eigenvalue weighted by Gasteiger charge is 2.29. The van der Waals surface area contributed by atoms with Crippen LogP contribution in [0.2, 0.25) is 0 Å². The van der Waals surface area contributed by atoms with Crippen molar-refractivity contribution in [2.45, 2.75) is 31.1 Å². The van der Waals surface area contributed by atoms with Gasteiger partial charge in [0.2, 0.25) is 5.91 Å². The van der Waals surface area contributed by atoms with E-state index in [0.29, 0.717) is 0 Å². The van der Waals surface area contributed by atoms with Gasteiger partial charge in [-0.1, -0.05) is 19.1 Å². The fourth-order valence-electron chi connectivity index (χ4n) is 1.61. The molecule has 0 aliphatic carbocycles. The van der Waals surface area contributed by atoms with Crippen LogP contribution in [0.25, 0.3) is 0 Å². The number of carbonyl (C=O) groups is 1. The largest absolute Gasteiger partial charge is 0.289 e. The van der Waals surface area contributed by atoms with Crippen molar-refractivity contribution >= 4 is 17.7 Å². The Hall–Kier alpha value is -1.00. The second-order valence-electron chi connectivity index (χ2n) is 4.92. The Labute approximate surface area is 114 Å². The van der Waals surface area contributed by atoms with Gasteiger partial charge in [-0.2, -0.15) is 0 Å². The van der Waals surface area contributed by atoms with Crippen LogP contribution < -0.4 is 5.43 Å². The van der Waals surface area contributed by atoms with Crippen LogP contribution >= 0.6 is 11.8 Å². The third-order valence-electron chi connectivity index (χ3n) is 2.78. The molecule has 0 atom stereocenters. The van der Waals surface area contributed by atoms with E-state index in [1.807, 2.05) is 40.1 Å². The van der Waals surface area contributed by atoms with E-state index in [-0.39, 0.29) is 5.91 Å². The molecular weight excluding hydrogens is 244 g/mol. The van der Waals surface area contributed by atoms with Gasteiger partial charge in [0, 0.05) is 19.0 Å². The van der Waals surface area contributed by atoms with E-state index in [2.05, 4.69) is 24.5 Å². The molecule has 0 heterocycles. The average molecular weight is 266 g/mol. The molecular formula is C14H22N2OS. The van der Waals surface area contributed by atoms with Crippen molar-refractivity contribution in [3.8, 4) is 0 Å². The number of nitrogens with zero attached hydrogens (tertiary/aromatic N) is 1. The summed E-state index contributed by atoms with van der Waals surface area (Å²) < 4.78 is 0. The number of amides is 1. The van der Waals surface area contributed by atoms with Crippen LogP contribution in [-0.2, 0) is 10.2 Å². The van der Waals surface area contributed by atoms with Gasteiger partial charge in [-0.25, -0.2) is 5.01 Å². The van der Waals surface area contributed by atoms with Crippen molar-refractivity contribution in [2.75, 3.05) is 19.8 Å². The Bertz CT molecular complexity index is 399. The van der Waals surface area contributed by atoms with Crippen LogP contribution in [0.15, 0.2) is 29.2 Å². The molecule has 3 nitrogen and oxygen atoms in total. The van der Waals surface area contributed by atoms with E-state index in [1.165, 1.54) is 4.90 Å². The van der Waals surface area contributed by atoms with Crippen LogP contribution in [0.4, 0.5) is 0 Å². The maximum absolute atomic E-state index is 12.1. The summed E-state index contributed by atoms with van der Waals surface area (Å²) in [5.41, 5.74) is 3.31. The number of carbonyl (C=O) groups excluding carboxylic acids is 1. The maximum atomic E-state index is 12.1. The zero-order valence-corrected chi connectivity index (χ0v) is 12.6. The van der Waals surface area contributed by atoms with E-state index < -0.39 is 5.41 Å². The standard InChI is InChI=1S/C14H22N2OS/c1-6-18-12-9-7-11(8-10-12)14(2,3)13(17)15-16(4)5/h7-10H,6H2,1-5H3,(H,15,17). The molecule has 0 bridgehead atoms. The Morgan fingerprint density at radius 2 is 1.83 bits per heavy atom. The van der Waals surface area contributed by atoms with Crippen LogP contribution in [-0.4, -0.2) is 30.8 Å². The number of thioether (sulfide) groups is 1. The summed E-state index contributed by atoms with van der Waals surface area (Å²) >= 11 is 1.80.